The zero-order valence-electron chi connectivity index (χ0n) is 13.4. The van der Waals surface area contributed by atoms with Crippen LogP contribution in [0.1, 0.15) is 11.1 Å². The molecular weight excluding hydrogens is 369 g/mol. The molecule has 0 atom stereocenters. The molecule has 2 aromatic carbocycles. The Kier molecular flexibility index (Phi) is 5.90. The van der Waals surface area contributed by atoms with Crippen molar-refractivity contribution in [3.8, 4) is 11.8 Å². The third-order valence-corrected chi connectivity index (χ3v) is 3.60. The van der Waals surface area contributed by atoms with E-state index in [4.69, 9.17) is 16.3 Å². The Labute approximate surface area is 152 Å². The van der Waals surface area contributed by atoms with Crippen molar-refractivity contribution in [2.45, 2.75) is 6.18 Å². The van der Waals surface area contributed by atoms with E-state index in [1.54, 1.807) is 18.2 Å². The number of carbonyl (C=O) groups excluding carboxylic acids is 1. The number of carbonyl (C=O) groups is 1. The number of benzene rings is 2. The molecule has 8 heteroatoms. The van der Waals surface area contributed by atoms with Gasteiger partial charge in [-0.05, 0) is 42.0 Å². The normalized spacial score (nSPS) is 11.6. The molecule has 134 valence electrons. The summed E-state index contributed by atoms with van der Waals surface area (Å²) >= 11 is 5.98. The summed E-state index contributed by atoms with van der Waals surface area (Å²) < 4.78 is 43.2. The highest BCUT2D eigenvalue weighted by Crippen LogP contribution is 2.31. The van der Waals surface area contributed by atoms with Crippen molar-refractivity contribution in [2.24, 2.45) is 0 Å². The van der Waals surface area contributed by atoms with Gasteiger partial charge in [0.1, 0.15) is 17.4 Å². The van der Waals surface area contributed by atoms with Gasteiger partial charge in [-0.25, -0.2) is 0 Å². The summed E-state index contributed by atoms with van der Waals surface area (Å²) in [5.41, 5.74) is -0.798. The lowest BCUT2D eigenvalue weighted by Gasteiger charge is -2.09. The zero-order valence-corrected chi connectivity index (χ0v) is 14.2. The Balaban J connectivity index is 2.24. The van der Waals surface area contributed by atoms with Crippen LogP contribution in [-0.4, -0.2) is 13.0 Å². The third kappa shape index (κ3) is 4.77. The molecule has 1 amide bonds. The van der Waals surface area contributed by atoms with Crippen LogP contribution in [-0.2, 0) is 11.0 Å². The molecule has 0 saturated carbocycles. The first kappa shape index (κ1) is 19.3. The number of hydrogen-bond donors (Lipinski definition) is 1. The fraction of sp³-hybridized carbons (Fsp3) is 0.111. The summed E-state index contributed by atoms with van der Waals surface area (Å²) in [6.07, 6.45) is -3.26. The number of alkyl halides is 3. The predicted molar refractivity (Wildman–Crippen MR) is 91.7 cm³/mol. The van der Waals surface area contributed by atoms with Gasteiger partial charge >= 0.3 is 6.18 Å². The fourth-order valence-corrected chi connectivity index (χ4v) is 2.33. The first-order chi connectivity index (χ1) is 12.2. The van der Waals surface area contributed by atoms with Crippen LogP contribution in [0, 0.1) is 11.3 Å². The van der Waals surface area contributed by atoms with E-state index in [-0.39, 0.29) is 16.3 Å². The highest BCUT2D eigenvalue weighted by Gasteiger charge is 2.30. The molecule has 2 rings (SSSR count). The number of nitriles is 1. The number of halogens is 4. The second-order valence-electron chi connectivity index (χ2n) is 5.10. The molecule has 0 bridgehead atoms. The summed E-state index contributed by atoms with van der Waals surface area (Å²) in [7, 11) is 1.44. The molecule has 0 aromatic heterocycles. The second kappa shape index (κ2) is 7.93. The molecule has 0 radical (unpaired) electrons. The minimum absolute atomic E-state index is 0.0706. The Morgan fingerprint density at radius 2 is 2.00 bits per heavy atom. The molecule has 26 heavy (non-hydrogen) atoms. The predicted octanol–water partition coefficient (Wildman–Crippen LogP) is 4.91. The zero-order chi connectivity index (χ0) is 19.3. The van der Waals surface area contributed by atoms with E-state index in [0.717, 1.165) is 18.2 Å². The monoisotopic (exact) mass is 380 g/mol. The summed E-state index contributed by atoms with van der Waals surface area (Å²) in [6, 6.07) is 10.5. The molecule has 1 N–H and O–H groups in total. The Morgan fingerprint density at radius 3 is 2.58 bits per heavy atom. The number of ether oxygens (including phenoxy) is 1. The largest absolute Gasteiger partial charge is 0.495 e. The van der Waals surface area contributed by atoms with Crippen LogP contribution < -0.4 is 10.1 Å². The SMILES string of the molecule is COc1ccc(C=C(C#N)C(=O)Nc2cccc(C(F)(F)F)c2)cc1Cl. The highest BCUT2D eigenvalue weighted by atomic mass is 35.5. The number of nitrogens with zero attached hydrogens (tertiary/aromatic N) is 1. The summed E-state index contributed by atoms with van der Waals surface area (Å²) in [4.78, 5) is 12.2. The van der Waals surface area contributed by atoms with Gasteiger partial charge in [-0.3, -0.25) is 4.79 Å². The van der Waals surface area contributed by atoms with Crippen molar-refractivity contribution in [2.75, 3.05) is 12.4 Å². The fourth-order valence-electron chi connectivity index (χ4n) is 2.06. The maximum atomic E-state index is 12.7. The average Bonchev–Trinajstić information content (AvgIpc) is 2.59. The molecule has 0 spiro atoms. The number of methoxy groups -OCH3 is 1. The molecule has 0 aliphatic carbocycles. The number of amides is 1. The van der Waals surface area contributed by atoms with Crippen LogP contribution in [0.2, 0.25) is 5.02 Å². The van der Waals surface area contributed by atoms with Crippen LogP contribution >= 0.6 is 11.6 Å². The standard InChI is InChI=1S/C18H12ClF3N2O2/c1-26-16-6-5-11(8-15(16)19)7-12(10-23)17(25)24-14-4-2-3-13(9-14)18(20,21)22/h2-9H,1H3,(H,24,25). The van der Waals surface area contributed by atoms with Gasteiger partial charge in [-0.2, -0.15) is 18.4 Å². The molecule has 0 heterocycles. The van der Waals surface area contributed by atoms with Gasteiger partial charge in [-0.1, -0.05) is 23.7 Å². The van der Waals surface area contributed by atoms with Gasteiger partial charge < -0.3 is 10.1 Å². The molecule has 0 aliphatic heterocycles. The van der Waals surface area contributed by atoms with Crippen LogP contribution in [0.25, 0.3) is 6.08 Å². The van der Waals surface area contributed by atoms with E-state index >= 15 is 0 Å². The van der Waals surface area contributed by atoms with Gasteiger partial charge in [0.15, 0.2) is 0 Å². The van der Waals surface area contributed by atoms with E-state index in [2.05, 4.69) is 5.32 Å². The van der Waals surface area contributed by atoms with Gasteiger partial charge in [0, 0.05) is 5.69 Å². The maximum absolute atomic E-state index is 12.7. The maximum Gasteiger partial charge on any atom is 0.416 e. The quantitative estimate of drug-likeness (QED) is 0.605. The van der Waals surface area contributed by atoms with Crippen molar-refractivity contribution in [3.63, 3.8) is 0 Å². The number of hydrogen-bond acceptors (Lipinski definition) is 3. The van der Waals surface area contributed by atoms with Crippen molar-refractivity contribution in [1.82, 2.24) is 0 Å². The summed E-state index contributed by atoms with van der Waals surface area (Å²) in [5, 5.41) is 11.7. The van der Waals surface area contributed by atoms with Gasteiger partial charge in [0.2, 0.25) is 0 Å². The highest BCUT2D eigenvalue weighted by molar-refractivity contribution is 6.32. The topological polar surface area (TPSA) is 62.1 Å². The average molecular weight is 381 g/mol. The molecular formula is C18H12ClF3N2O2. The minimum Gasteiger partial charge on any atom is -0.495 e. The smallest absolute Gasteiger partial charge is 0.416 e. The molecule has 0 fully saturated rings. The lowest BCUT2D eigenvalue weighted by Crippen LogP contribution is -2.14. The lowest BCUT2D eigenvalue weighted by atomic mass is 10.1. The van der Waals surface area contributed by atoms with Crippen molar-refractivity contribution >= 4 is 29.3 Å². The van der Waals surface area contributed by atoms with E-state index in [9.17, 15) is 23.2 Å². The number of nitrogens with one attached hydrogen (secondary N) is 1. The molecule has 0 saturated heterocycles. The van der Waals surface area contributed by atoms with Crippen LogP contribution in [0.4, 0.5) is 18.9 Å². The molecule has 4 nitrogen and oxygen atoms in total. The Hall–Kier alpha value is -2.98. The summed E-state index contributed by atoms with van der Waals surface area (Å²) in [5.74, 6) is -0.408. The van der Waals surface area contributed by atoms with Gasteiger partial charge in [0.25, 0.3) is 5.91 Å². The van der Waals surface area contributed by atoms with Gasteiger partial charge in [-0.15, -0.1) is 0 Å². The first-order valence-electron chi connectivity index (χ1n) is 7.18. The minimum atomic E-state index is -4.53. The lowest BCUT2D eigenvalue weighted by molar-refractivity contribution is -0.137. The molecule has 0 aliphatic rings. The van der Waals surface area contributed by atoms with Crippen LogP contribution in [0.5, 0.6) is 5.75 Å². The third-order valence-electron chi connectivity index (χ3n) is 3.30. The molecule has 2 aromatic rings. The first-order valence-corrected chi connectivity index (χ1v) is 7.56. The van der Waals surface area contributed by atoms with E-state index < -0.39 is 17.6 Å². The van der Waals surface area contributed by atoms with Crippen molar-refractivity contribution < 1.29 is 22.7 Å². The van der Waals surface area contributed by atoms with Crippen LogP contribution in [0.15, 0.2) is 48.0 Å². The number of anilines is 1. The number of rotatable bonds is 4. The van der Waals surface area contributed by atoms with Crippen LogP contribution in [0.3, 0.4) is 0 Å². The Morgan fingerprint density at radius 1 is 1.27 bits per heavy atom. The molecule has 0 unspecified atom stereocenters. The van der Waals surface area contributed by atoms with E-state index in [0.29, 0.717) is 11.3 Å². The Bertz CT molecular complexity index is 902. The van der Waals surface area contributed by atoms with E-state index in [1.807, 2.05) is 0 Å². The van der Waals surface area contributed by atoms with Crippen molar-refractivity contribution in [1.29, 1.82) is 5.26 Å². The van der Waals surface area contributed by atoms with Gasteiger partial charge in [0.05, 0.1) is 17.7 Å². The van der Waals surface area contributed by atoms with E-state index in [1.165, 1.54) is 25.3 Å². The summed E-state index contributed by atoms with van der Waals surface area (Å²) in [6.45, 7) is 0. The van der Waals surface area contributed by atoms with Crippen molar-refractivity contribution in [3.05, 3.63) is 64.2 Å². The second-order valence-corrected chi connectivity index (χ2v) is 5.50.